The average Bonchev–Trinajstić information content (AvgIpc) is 2.30. The molecule has 2 aromatic rings. The Morgan fingerprint density at radius 2 is 1.82 bits per heavy atom. The van der Waals surface area contributed by atoms with Crippen molar-refractivity contribution in [2.24, 2.45) is 0 Å². The number of aromatic hydroxyl groups is 1. The van der Waals surface area contributed by atoms with Gasteiger partial charge in [-0.3, -0.25) is 0 Å². The van der Waals surface area contributed by atoms with Gasteiger partial charge in [-0.15, -0.1) is 0 Å². The minimum absolute atomic E-state index is 0.269. The number of ether oxygens (including phenoxy) is 1. The molecular formula is C14H13BrO2. The molecule has 0 spiro atoms. The Bertz CT molecular complexity index is 506. The maximum Gasteiger partial charge on any atom is 0.134 e. The van der Waals surface area contributed by atoms with Gasteiger partial charge in [0.1, 0.15) is 18.1 Å². The highest BCUT2D eigenvalue weighted by atomic mass is 79.9. The number of phenolic OH excluding ortho intramolecular Hbond substituents is 1. The van der Waals surface area contributed by atoms with Crippen molar-refractivity contribution in [3.63, 3.8) is 0 Å². The zero-order valence-electron chi connectivity index (χ0n) is 9.48. The second-order valence-corrected chi connectivity index (χ2v) is 4.74. The third-order valence-corrected chi connectivity index (χ3v) is 3.04. The predicted molar refractivity (Wildman–Crippen MR) is 71.3 cm³/mol. The fraction of sp³-hybridized carbons (Fsp3) is 0.143. The largest absolute Gasteiger partial charge is 0.508 e. The van der Waals surface area contributed by atoms with Gasteiger partial charge in [0.05, 0.1) is 4.47 Å². The number of benzene rings is 2. The highest BCUT2D eigenvalue weighted by Crippen LogP contribution is 2.26. The van der Waals surface area contributed by atoms with Gasteiger partial charge >= 0.3 is 0 Å². The van der Waals surface area contributed by atoms with Crippen molar-refractivity contribution in [2.45, 2.75) is 13.5 Å². The van der Waals surface area contributed by atoms with Gasteiger partial charge in [-0.05, 0) is 58.2 Å². The summed E-state index contributed by atoms with van der Waals surface area (Å²) in [5.41, 5.74) is 2.21. The highest BCUT2D eigenvalue weighted by molar-refractivity contribution is 9.10. The van der Waals surface area contributed by atoms with E-state index in [0.717, 1.165) is 15.8 Å². The number of halogens is 1. The first-order valence-corrected chi connectivity index (χ1v) is 6.11. The molecule has 0 bridgehead atoms. The summed E-state index contributed by atoms with van der Waals surface area (Å²) in [5.74, 6) is 1.09. The van der Waals surface area contributed by atoms with Crippen LogP contribution in [0.5, 0.6) is 11.5 Å². The summed E-state index contributed by atoms with van der Waals surface area (Å²) in [6, 6.07) is 13.0. The SMILES string of the molecule is Cc1ccc(OCc2ccc(O)cc2)c(Br)c1. The molecule has 0 amide bonds. The molecule has 0 aliphatic rings. The van der Waals surface area contributed by atoms with Gasteiger partial charge in [0.15, 0.2) is 0 Å². The van der Waals surface area contributed by atoms with Crippen LogP contribution in [0.4, 0.5) is 0 Å². The van der Waals surface area contributed by atoms with Crippen molar-refractivity contribution in [2.75, 3.05) is 0 Å². The summed E-state index contributed by atoms with van der Waals surface area (Å²) < 4.78 is 6.64. The van der Waals surface area contributed by atoms with Crippen LogP contribution in [-0.4, -0.2) is 5.11 Å². The molecule has 2 rings (SSSR count). The van der Waals surface area contributed by atoms with E-state index in [4.69, 9.17) is 9.84 Å². The summed E-state index contributed by atoms with van der Waals surface area (Å²) in [4.78, 5) is 0. The van der Waals surface area contributed by atoms with Gasteiger partial charge in [0.25, 0.3) is 0 Å². The van der Waals surface area contributed by atoms with E-state index < -0.39 is 0 Å². The molecule has 2 aromatic carbocycles. The lowest BCUT2D eigenvalue weighted by molar-refractivity contribution is 0.304. The third kappa shape index (κ3) is 3.24. The molecule has 0 saturated heterocycles. The quantitative estimate of drug-likeness (QED) is 0.925. The van der Waals surface area contributed by atoms with Crippen LogP contribution in [0.1, 0.15) is 11.1 Å². The van der Waals surface area contributed by atoms with E-state index in [2.05, 4.69) is 15.9 Å². The van der Waals surface area contributed by atoms with Crippen molar-refractivity contribution in [1.82, 2.24) is 0 Å². The minimum atomic E-state index is 0.269. The standard InChI is InChI=1S/C14H13BrO2/c1-10-2-7-14(13(15)8-10)17-9-11-3-5-12(16)6-4-11/h2-8,16H,9H2,1H3. The van der Waals surface area contributed by atoms with E-state index in [9.17, 15) is 0 Å². The van der Waals surface area contributed by atoms with Gasteiger partial charge < -0.3 is 9.84 Å². The maximum absolute atomic E-state index is 9.17. The van der Waals surface area contributed by atoms with E-state index in [0.29, 0.717) is 6.61 Å². The van der Waals surface area contributed by atoms with E-state index in [-0.39, 0.29) is 5.75 Å². The number of hydrogen-bond acceptors (Lipinski definition) is 2. The van der Waals surface area contributed by atoms with Crippen molar-refractivity contribution in [3.05, 3.63) is 58.1 Å². The van der Waals surface area contributed by atoms with E-state index in [1.165, 1.54) is 5.56 Å². The Hall–Kier alpha value is -1.48. The second-order valence-electron chi connectivity index (χ2n) is 3.89. The van der Waals surface area contributed by atoms with Crippen LogP contribution >= 0.6 is 15.9 Å². The van der Waals surface area contributed by atoms with Crippen molar-refractivity contribution in [1.29, 1.82) is 0 Å². The number of aryl methyl sites for hydroxylation is 1. The van der Waals surface area contributed by atoms with Crippen LogP contribution in [0.25, 0.3) is 0 Å². The first-order chi connectivity index (χ1) is 8.15. The van der Waals surface area contributed by atoms with E-state index in [1.807, 2.05) is 37.3 Å². The van der Waals surface area contributed by atoms with Crippen LogP contribution in [0.2, 0.25) is 0 Å². The topological polar surface area (TPSA) is 29.5 Å². The fourth-order valence-electron chi connectivity index (χ4n) is 1.48. The zero-order valence-corrected chi connectivity index (χ0v) is 11.1. The smallest absolute Gasteiger partial charge is 0.134 e. The van der Waals surface area contributed by atoms with E-state index >= 15 is 0 Å². The van der Waals surface area contributed by atoms with E-state index in [1.54, 1.807) is 12.1 Å². The molecule has 0 fully saturated rings. The van der Waals surface area contributed by atoms with Crippen LogP contribution < -0.4 is 4.74 Å². The molecular weight excluding hydrogens is 280 g/mol. The zero-order chi connectivity index (χ0) is 12.3. The summed E-state index contributed by atoms with van der Waals surface area (Å²) in [5, 5.41) is 9.17. The normalized spacial score (nSPS) is 10.2. The predicted octanol–water partition coefficient (Wildman–Crippen LogP) is 4.04. The first-order valence-electron chi connectivity index (χ1n) is 5.32. The molecule has 0 saturated carbocycles. The molecule has 0 aromatic heterocycles. The lowest BCUT2D eigenvalue weighted by Crippen LogP contribution is -1.95. The van der Waals surface area contributed by atoms with Crippen LogP contribution in [0, 0.1) is 6.92 Å². The molecule has 0 aliphatic carbocycles. The molecule has 0 radical (unpaired) electrons. The van der Waals surface area contributed by atoms with Gasteiger partial charge in [0.2, 0.25) is 0 Å². The monoisotopic (exact) mass is 292 g/mol. The Morgan fingerprint density at radius 1 is 1.12 bits per heavy atom. The maximum atomic E-state index is 9.17. The molecule has 2 nitrogen and oxygen atoms in total. The third-order valence-electron chi connectivity index (χ3n) is 2.42. The molecule has 17 heavy (non-hydrogen) atoms. The first kappa shape index (κ1) is 12.0. The lowest BCUT2D eigenvalue weighted by atomic mass is 10.2. The number of hydrogen-bond donors (Lipinski definition) is 1. The van der Waals surface area contributed by atoms with Crippen molar-refractivity contribution < 1.29 is 9.84 Å². The highest BCUT2D eigenvalue weighted by Gasteiger charge is 2.01. The molecule has 0 aliphatic heterocycles. The van der Waals surface area contributed by atoms with Crippen LogP contribution in [-0.2, 0) is 6.61 Å². The average molecular weight is 293 g/mol. The Labute approximate surface area is 109 Å². The summed E-state index contributed by atoms with van der Waals surface area (Å²) in [7, 11) is 0. The summed E-state index contributed by atoms with van der Waals surface area (Å²) >= 11 is 3.47. The lowest BCUT2D eigenvalue weighted by Gasteiger charge is -2.08. The fourth-order valence-corrected chi connectivity index (χ4v) is 2.08. The number of phenols is 1. The molecule has 3 heteroatoms. The van der Waals surface area contributed by atoms with Gasteiger partial charge in [-0.2, -0.15) is 0 Å². The van der Waals surface area contributed by atoms with Crippen LogP contribution in [0.3, 0.4) is 0 Å². The summed E-state index contributed by atoms with van der Waals surface area (Å²) in [6.07, 6.45) is 0. The van der Waals surface area contributed by atoms with Gasteiger partial charge in [-0.25, -0.2) is 0 Å². The molecule has 0 heterocycles. The summed E-state index contributed by atoms with van der Waals surface area (Å²) in [6.45, 7) is 2.52. The van der Waals surface area contributed by atoms with Crippen molar-refractivity contribution in [3.8, 4) is 11.5 Å². The number of rotatable bonds is 3. The minimum Gasteiger partial charge on any atom is -0.508 e. The molecule has 0 atom stereocenters. The Kier molecular flexibility index (Phi) is 3.69. The van der Waals surface area contributed by atoms with Crippen LogP contribution in [0.15, 0.2) is 46.9 Å². The Balaban J connectivity index is 2.04. The van der Waals surface area contributed by atoms with Gasteiger partial charge in [-0.1, -0.05) is 18.2 Å². The van der Waals surface area contributed by atoms with Crippen molar-refractivity contribution >= 4 is 15.9 Å². The molecule has 88 valence electrons. The second kappa shape index (κ2) is 5.23. The van der Waals surface area contributed by atoms with Gasteiger partial charge in [0, 0.05) is 0 Å². The Morgan fingerprint density at radius 3 is 2.47 bits per heavy atom. The molecule has 0 unspecified atom stereocenters. The molecule has 1 N–H and O–H groups in total.